The van der Waals surface area contributed by atoms with Gasteiger partial charge in [-0.2, -0.15) is 5.10 Å². The largest absolute Gasteiger partial charge is 0.389 e. The van der Waals surface area contributed by atoms with Crippen molar-refractivity contribution in [2.24, 2.45) is 5.73 Å². The molecule has 1 saturated heterocycles. The SMILES string of the molecule is CN1CCC(n2cc(-c3cn(S(=O)(=O)c4ccccc4)c(N)c3/C=C(\N)Cl)cn2)CC1. The predicted molar refractivity (Wildman–Crippen MR) is 123 cm³/mol. The summed E-state index contributed by atoms with van der Waals surface area (Å²) in [4.78, 5) is 2.43. The molecule has 31 heavy (non-hydrogen) atoms. The summed E-state index contributed by atoms with van der Waals surface area (Å²) < 4.78 is 29.4. The smallest absolute Gasteiger partial charge is 0.269 e. The highest BCUT2D eigenvalue weighted by Crippen LogP contribution is 2.35. The molecule has 0 atom stereocenters. The lowest BCUT2D eigenvalue weighted by Gasteiger charge is -2.28. The Hall–Kier alpha value is -2.75. The molecule has 4 rings (SSSR count). The first-order valence-electron chi connectivity index (χ1n) is 9.94. The molecular weight excluding hydrogens is 436 g/mol. The van der Waals surface area contributed by atoms with Crippen LogP contribution in [0.2, 0.25) is 0 Å². The van der Waals surface area contributed by atoms with E-state index in [0.29, 0.717) is 17.2 Å². The van der Waals surface area contributed by atoms with E-state index in [1.54, 1.807) is 24.4 Å². The van der Waals surface area contributed by atoms with E-state index < -0.39 is 10.0 Å². The van der Waals surface area contributed by atoms with Crippen LogP contribution in [0.15, 0.2) is 59.0 Å². The Morgan fingerprint density at radius 2 is 1.87 bits per heavy atom. The first-order valence-corrected chi connectivity index (χ1v) is 11.8. The second-order valence-corrected chi connectivity index (χ2v) is 9.98. The molecule has 10 heteroatoms. The van der Waals surface area contributed by atoms with Crippen LogP contribution in [0, 0.1) is 0 Å². The molecule has 2 aromatic heterocycles. The van der Waals surface area contributed by atoms with E-state index in [2.05, 4.69) is 17.0 Å². The number of halogens is 1. The van der Waals surface area contributed by atoms with Crippen molar-refractivity contribution in [2.75, 3.05) is 25.9 Å². The molecule has 1 aliphatic rings. The third kappa shape index (κ3) is 4.21. The maximum atomic E-state index is 13.2. The molecule has 4 N–H and O–H groups in total. The first kappa shape index (κ1) is 21.5. The van der Waals surface area contributed by atoms with Crippen molar-refractivity contribution in [2.45, 2.75) is 23.8 Å². The second-order valence-electron chi connectivity index (χ2n) is 7.73. The standard InChI is InChI=1S/C21H25ClN6O2S/c1-26-9-7-16(8-10-26)27-13-15(12-25-27)19-14-28(21(24)18(19)11-20(22)23)31(29,30)17-5-3-2-4-6-17/h2-6,11-14,16H,7-10,23-24H2,1H3/b20-11-. The highest BCUT2D eigenvalue weighted by atomic mass is 35.5. The molecule has 0 bridgehead atoms. The minimum absolute atomic E-state index is 0.00511. The average Bonchev–Trinajstić information content (AvgIpc) is 3.35. The van der Waals surface area contributed by atoms with Gasteiger partial charge in [0.15, 0.2) is 0 Å². The quantitative estimate of drug-likeness (QED) is 0.566. The zero-order valence-corrected chi connectivity index (χ0v) is 18.7. The van der Waals surface area contributed by atoms with E-state index in [1.165, 1.54) is 24.4 Å². The van der Waals surface area contributed by atoms with E-state index >= 15 is 0 Å². The van der Waals surface area contributed by atoms with E-state index in [9.17, 15) is 8.42 Å². The van der Waals surface area contributed by atoms with Gasteiger partial charge in [-0.25, -0.2) is 12.4 Å². The Bertz CT molecular complexity index is 1200. The second kappa shape index (κ2) is 8.41. The number of hydrogen-bond donors (Lipinski definition) is 2. The number of piperidine rings is 1. The van der Waals surface area contributed by atoms with Crippen LogP contribution in [-0.2, 0) is 10.0 Å². The maximum Gasteiger partial charge on any atom is 0.269 e. The van der Waals surface area contributed by atoms with Gasteiger partial charge < -0.3 is 16.4 Å². The van der Waals surface area contributed by atoms with Crippen molar-refractivity contribution in [3.63, 3.8) is 0 Å². The van der Waals surface area contributed by atoms with Gasteiger partial charge >= 0.3 is 0 Å². The van der Waals surface area contributed by atoms with Crippen LogP contribution in [-0.4, -0.2) is 47.2 Å². The van der Waals surface area contributed by atoms with Gasteiger partial charge in [-0.3, -0.25) is 4.68 Å². The summed E-state index contributed by atoms with van der Waals surface area (Å²) in [6.45, 7) is 2.02. The third-order valence-corrected chi connectivity index (χ3v) is 7.40. The molecule has 164 valence electrons. The lowest BCUT2D eigenvalue weighted by molar-refractivity contribution is 0.212. The van der Waals surface area contributed by atoms with Gasteiger partial charge in [-0.1, -0.05) is 29.8 Å². The fraction of sp³-hybridized carbons (Fsp3) is 0.286. The molecular formula is C21H25ClN6O2S. The van der Waals surface area contributed by atoms with Crippen LogP contribution in [0.25, 0.3) is 17.2 Å². The molecule has 1 aliphatic heterocycles. The van der Waals surface area contributed by atoms with Crippen LogP contribution < -0.4 is 11.5 Å². The molecule has 1 aromatic carbocycles. The van der Waals surface area contributed by atoms with Gasteiger partial charge in [0, 0.05) is 29.1 Å². The summed E-state index contributed by atoms with van der Waals surface area (Å²) >= 11 is 5.92. The summed E-state index contributed by atoms with van der Waals surface area (Å²) in [6.07, 6.45) is 8.62. The van der Waals surface area contributed by atoms with Crippen molar-refractivity contribution < 1.29 is 8.42 Å². The number of nitrogens with zero attached hydrogens (tertiary/aromatic N) is 4. The van der Waals surface area contributed by atoms with Crippen molar-refractivity contribution in [1.82, 2.24) is 18.7 Å². The minimum atomic E-state index is -3.89. The zero-order valence-electron chi connectivity index (χ0n) is 17.1. The number of rotatable bonds is 5. The van der Waals surface area contributed by atoms with E-state index in [4.69, 9.17) is 23.1 Å². The topological polar surface area (TPSA) is 112 Å². The third-order valence-electron chi connectivity index (χ3n) is 5.61. The Morgan fingerprint density at radius 1 is 1.19 bits per heavy atom. The average molecular weight is 461 g/mol. The minimum Gasteiger partial charge on any atom is -0.389 e. The van der Waals surface area contributed by atoms with Gasteiger partial charge in [0.25, 0.3) is 10.0 Å². The number of aromatic nitrogens is 3. The molecule has 0 saturated carbocycles. The number of benzene rings is 1. The summed E-state index contributed by atoms with van der Waals surface area (Å²) in [5, 5.41) is 4.54. The number of nitrogens with two attached hydrogens (primary N) is 2. The van der Waals surface area contributed by atoms with E-state index in [-0.39, 0.29) is 15.9 Å². The van der Waals surface area contributed by atoms with Gasteiger partial charge in [0.2, 0.25) is 0 Å². The summed E-state index contributed by atoms with van der Waals surface area (Å²) in [6, 6.07) is 8.43. The van der Waals surface area contributed by atoms with Crippen molar-refractivity contribution >= 4 is 33.5 Å². The molecule has 3 heterocycles. The van der Waals surface area contributed by atoms with Crippen LogP contribution in [0.4, 0.5) is 5.82 Å². The molecule has 0 radical (unpaired) electrons. The van der Waals surface area contributed by atoms with E-state index in [0.717, 1.165) is 35.5 Å². The Kier molecular flexibility index (Phi) is 5.83. The lowest BCUT2D eigenvalue weighted by Crippen LogP contribution is -2.31. The summed E-state index contributed by atoms with van der Waals surface area (Å²) in [5.41, 5.74) is 13.7. The van der Waals surface area contributed by atoms with Gasteiger partial charge in [-0.05, 0) is 51.2 Å². The lowest BCUT2D eigenvalue weighted by atomic mass is 10.1. The fourth-order valence-electron chi connectivity index (χ4n) is 3.87. The van der Waals surface area contributed by atoms with Crippen LogP contribution in [0.5, 0.6) is 0 Å². The predicted octanol–water partition coefficient (Wildman–Crippen LogP) is 2.93. The summed E-state index contributed by atoms with van der Waals surface area (Å²) in [7, 11) is -1.78. The fourth-order valence-corrected chi connectivity index (χ4v) is 5.31. The highest BCUT2D eigenvalue weighted by Gasteiger charge is 2.25. The molecule has 8 nitrogen and oxygen atoms in total. The normalized spacial score (nSPS) is 16.6. The van der Waals surface area contributed by atoms with Crippen molar-refractivity contribution in [3.8, 4) is 11.1 Å². The van der Waals surface area contributed by atoms with Gasteiger partial charge in [0.05, 0.1) is 22.3 Å². The monoisotopic (exact) mass is 460 g/mol. The first-order chi connectivity index (χ1) is 14.8. The van der Waals surface area contributed by atoms with Crippen LogP contribution in [0.1, 0.15) is 24.4 Å². The Balaban J connectivity index is 1.78. The molecule has 0 unspecified atom stereocenters. The molecule has 0 spiro atoms. The van der Waals surface area contributed by atoms with Crippen molar-refractivity contribution in [3.05, 3.63) is 59.6 Å². The van der Waals surface area contributed by atoms with Gasteiger partial charge in [-0.15, -0.1) is 0 Å². The molecule has 1 fully saturated rings. The Morgan fingerprint density at radius 3 is 2.52 bits per heavy atom. The van der Waals surface area contributed by atoms with Gasteiger partial charge in [0.1, 0.15) is 5.82 Å². The van der Waals surface area contributed by atoms with Crippen molar-refractivity contribution in [1.29, 1.82) is 0 Å². The zero-order chi connectivity index (χ0) is 22.2. The van der Waals surface area contributed by atoms with Crippen LogP contribution in [0.3, 0.4) is 0 Å². The molecule has 0 aliphatic carbocycles. The summed E-state index contributed by atoms with van der Waals surface area (Å²) in [5.74, 6) is 0.0366. The maximum absolute atomic E-state index is 13.2. The Labute approximate surface area is 186 Å². The molecule has 3 aromatic rings. The molecule has 0 amide bonds. The number of anilines is 1. The highest BCUT2D eigenvalue weighted by molar-refractivity contribution is 7.90. The number of hydrogen-bond acceptors (Lipinski definition) is 6. The van der Waals surface area contributed by atoms with Crippen LogP contribution >= 0.6 is 11.6 Å². The number of nitrogen functional groups attached to an aromatic ring is 1. The number of likely N-dealkylation sites (tertiary alicyclic amines) is 1. The van der Waals surface area contributed by atoms with E-state index in [1.807, 2.05) is 10.9 Å².